The van der Waals surface area contributed by atoms with Crippen molar-refractivity contribution in [2.75, 3.05) is 11.5 Å². The van der Waals surface area contributed by atoms with Gasteiger partial charge in [-0.25, -0.2) is 0 Å². The number of β-lactam (4-membered cyclic amide) rings is 1. The Kier molecular flexibility index (Phi) is 9.44. The molecule has 2 heterocycles. The van der Waals surface area contributed by atoms with Crippen LogP contribution < -0.4 is 4.90 Å². The maximum absolute atomic E-state index is 13.6. The molecule has 6 N–H and O–H groups in total. The zero-order valence-electron chi connectivity index (χ0n) is 24.8. The molecular formula is C36H36ClNO8. The fraction of sp³-hybridized carbons (Fsp3) is 0.306. The number of amides is 1. The number of phenols is 1. The number of rotatable bonds is 9. The number of nitrogens with zero attached hydrogens (tertiary/aromatic N) is 1. The van der Waals surface area contributed by atoms with E-state index in [2.05, 4.69) is 0 Å². The molecule has 0 unspecified atom stereocenters. The Hall–Kier alpha value is -3.80. The summed E-state index contributed by atoms with van der Waals surface area (Å²) in [7, 11) is 0. The lowest BCUT2D eigenvalue weighted by Crippen LogP contribution is -2.55. The van der Waals surface area contributed by atoms with Crippen molar-refractivity contribution < 1.29 is 40.2 Å². The first-order valence-corrected chi connectivity index (χ1v) is 15.6. The van der Waals surface area contributed by atoms with Gasteiger partial charge in [0.05, 0.1) is 24.7 Å². The molecule has 0 saturated carbocycles. The van der Waals surface area contributed by atoms with Crippen molar-refractivity contribution in [2.24, 2.45) is 5.92 Å². The second-order valence-corrected chi connectivity index (χ2v) is 12.2. The molecule has 2 aliphatic heterocycles. The highest BCUT2D eigenvalue weighted by Gasteiger charge is 2.49. The number of phenolic OH excluding ortho intramolecular Hbond substituents is 1. The number of aliphatic hydroxyl groups excluding tert-OH is 5. The van der Waals surface area contributed by atoms with Gasteiger partial charge >= 0.3 is 0 Å². The molecule has 6 rings (SSSR count). The van der Waals surface area contributed by atoms with Crippen molar-refractivity contribution in [1.82, 2.24) is 0 Å². The van der Waals surface area contributed by atoms with E-state index in [-0.39, 0.29) is 11.7 Å². The molecule has 9 nitrogen and oxygen atoms in total. The Balaban J connectivity index is 1.31. The average molecular weight is 646 g/mol. The Morgan fingerprint density at radius 3 is 2.24 bits per heavy atom. The fourth-order valence-corrected chi connectivity index (χ4v) is 6.89. The lowest BCUT2D eigenvalue weighted by Gasteiger charge is -2.48. The van der Waals surface area contributed by atoms with Crippen LogP contribution in [0.15, 0.2) is 97.1 Å². The van der Waals surface area contributed by atoms with Gasteiger partial charge in [-0.05, 0) is 59.4 Å². The summed E-state index contributed by atoms with van der Waals surface area (Å²) in [5.74, 6) is -0.661. The van der Waals surface area contributed by atoms with Gasteiger partial charge in [-0.2, -0.15) is 0 Å². The number of hydrogen-bond donors (Lipinski definition) is 6. The molecule has 2 aliphatic rings. The first-order chi connectivity index (χ1) is 22.2. The number of benzene rings is 4. The van der Waals surface area contributed by atoms with E-state index in [9.17, 15) is 35.4 Å². The summed E-state index contributed by atoms with van der Waals surface area (Å²) in [6.45, 7) is -0.548. The van der Waals surface area contributed by atoms with Crippen LogP contribution in [0.1, 0.15) is 47.8 Å². The van der Waals surface area contributed by atoms with Gasteiger partial charge in [0.25, 0.3) is 0 Å². The molecular weight excluding hydrogens is 610 g/mol. The Morgan fingerprint density at radius 2 is 1.52 bits per heavy atom. The zero-order chi connectivity index (χ0) is 32.5. The van der Waals surface area contributed by atoms with Crippen molar-refractivity contribution in [3.05, 3.63) is 119 Å². The molecule has 1 amide bonds. The third kappa shape index (κ3) is 5.91. The topological polar surface area (TPSA) is 151 Å². The number of carbonyl (C=O) groups is 1. The first-order valence-electron chi connectivity index (χ1n) is 15.2. The maximum Gasteiger partial charge on any atom is 0.233 e. The third-order valence-electron chi connectivity index (χ3n) is 9.08. The van der Waals surface area contributed by atoms with Crippen LogP contribution in [0.3, 0.4) is 0 Å². The summed E-state index contributed by atoms with van der Waals surface area (Å²) in [5, 5.41) is 64.0. The molecule has 10 heteroatoms. The molecule has 240 valence electrons. The summed E-state index contributed by atoms with van der Waals surface area (Å²) in [4.78, 5) is 15.2. The van der Waals surface area contributed by atoms with Gasteiger partial charge in [0.1, 0.15) is 36.3 Å². The summed E-state index contributed by atoms with van der Waals surface area (Å²) in [5.41, 5.74) is 3.53. The maximum atomic E-state index is 13.6. The molecule has 46 heavy (non-hydrogen) atoms. The number of aromatic hydroxyl groups is 1. The van der Waals surface area contributed by atoms with E-state index in [0.717, 1.165) is 0 Å². The van der Waals surface area contributed by atoms with Crippen LogP contribution in [0.4, 0.5) is 5.69 Å². The number of para-hydroxylation sites is 1. The normalized spacial score (nSPS) is 26.9. The van der Waals surface area contributed by atoms with Gasteiger partial charge in [0.2, 0.25) is 5.91 Å². The molecule has 4 aromatic carbocycles. The van der Waals surface area contributed by atoms with Crippen molar-refractivity contribution in [1.29, 1.82) is 0 Å². The van der Waals surface area contributed by atoms with Crippen LogP contribution in [0.2, 0.25) is 5.02 Å². The predicted octanol–water partition coefficient (Wildman–Crippen LogP) is 4.45. The summed E-state index contributed by atoms with van der Waals surface area (Å²) in [6.07, 6.45) is -6.81. The fourth-order valence-electron chi connectivity index (χ4n) is 6.63. The number of carbonyl (C=O) groups excluding carboxylic acids is 1. The minimum absolute atomic E-state index is 0.0452. The predicted molar refractivity (Wildman–Crippen MR) is 172 cm³/mol. The highest BCUT2D eigenvalue weighted by molar-refractivity contribution is 6.31. The summed E-state index contributed by atoms with van der Waals surface area (Å²) >= 11 is 6.30. The van der Waals surface area contributed by atoms with Crippen LogP contribution in [0.25, 0.3) is 11.1 Å². The lowest BCUT2D eigenvalue weighted by atomic mass is 9.77. The van der Waals surface area contributed by atoms with Crippen molar-refractivity contribution in [3.63, 3.8) is 0 Å². The van der Waals surface area contributed by atoms with Gasteiger partial charge in [-0.3, -0.25) is 4.79 Å². The largest absolute Gasteiger partial charge is 0.508 e. The molecule has 2 saturated heterocycles. The minimum atomic E-state index is -1.53. The van der Waals surface area contributed by atoms with E-state index in [1.54, 1.807) is 71.6 Å². The minimum Gasteiger partial charge on any atom is -0.508 e. The van der Waals surface area contributed by atoms with Crippen molar-refractivity contribution >= 4 is 23.2 Å². The van der Waals surface area contributed by atoms with Gasteiger partial charge < -0.3 is 40.3 Å². The standard InChI is InChI=1S/C36H36ClNO8/c37-27-13-7-6-12-24(27)28(40)17-16-26-31(38(36(26)45)21-8-2-1-3-9-21)25-15-14-20(18-29(25)41)22-10-4-5-11-23(22)35-34(44)33(43)32(42)30(19-39)46-35/h1-15,18,26,28,30-35,39-44H,16-17,19H2/t26-,28+,30-,31-,32-,33+,34-,35+/m1/s1. The van der Waals surface area contributed by atoms with E-state index < -0.39 is 55.2 Å². The summed E-state index contributed by atoms with van der Waals surface area (Å²) in [6, 6.07) is 28.0. The number of anilines is 1. The average Bonchev–Trinajstić information content (AvgIpc) is 3.07. The molecule has 0 bridgehead atoms. The van der Waals surface area contributed by atoms with Crippen molar-refractivity contribution in [3.8, 4) is 16.9 Å². The molecule has 8 atom stereocenters. The quantitative estimate of drug-likeness (QED) is 0.146. The first kappa shape index (κ1) is 32.2. The van der Waals surface area contributed by atoms with Crippen LogP contribution in [-0.2, 0) is 9.53 Å². The third-order valence-corrected chi connectivity index (χ3v) is 9.43. The number of aliphatic hydroxyl groups is 5. The number of hydrogen-bond acceptors (Lipinski definition) is 8. The number of ether oxygens (including phenoxy) is 1. The van der Waals surface area contributed by atoms with E-state index in [1.165, 1.54) is 0 Å². The zero-order valence-corrected chi connectivity index (χ0v) is 25.6. The van der Waals surface area contributed by atoms with Gasteiger partial charge in [0.15, 0.2) is 0 Å². The Labute approximate surface area is 271 Å². The Morgan fingerprint density at radius 1 is 0.826 bits per heavy atom. The molecule has 0 spiro atoms. The van der Waals surface area contributed by atoms with Crippen LogP contribution >= 0.6 is 11.6 Å². The molecule has 4 aromatic rings. The van der Waals surface area contributed by atoms with E-state index >= 15 is 0 Å². The second-order valence-electron chi connectivity index (χ2n) is 11.8. The van der Waals surface area contributed by atoms with Gasteiger partial charge in [-0.1, -0.05) is 84.4 Å². The SMILES string of the molecule is O=C1[C@H](CC[C@H](O)c2ccccc2Cl)[C@@H](c2ccc(-c3ccccc3[C@@H]3O[C@H](CO)[C@@H](O)[C@H](O)[C@H]3O)cc2O)N1c1ccccc1. The molecule has 2 fully saturated rings. The molecule has 0 aromatic heterocycles. The smallest absolute Gasteiger partial charge is 0.233 e. The Bertz CT molecular complexity index is 1680. The van der Waals surface area contributed by atoms with E-state index in [0.29, 0.717) is 51.4 Å². The monoisotopic (exact) mass is 645 g/mol. The van der Waals surface area contributed by atoms with E-state index in [1.807, 2.05) is 30.3 Å². The highest BCUT2D eigenvalue weighted by atomic mass is 35.5. The van der Waals surface area contributed by atoms with Crippen LogP contribution in [0.5, 0.6) is 5.75 Å². The second kappa shape index (κ2) is 13.5. The van der Waals surface area contributed by atoms with Gasteiger partial charge in [-0.15, -0.1) is 0 Å². The van der Waals surface area contributed by atoms with Gasteiger partial charge in [0, 0.05) is 16.3 Å². The van der Waals surface area contributed by atoms with Crippen molar-refractivity contribution in [2.45, 2.75) is 55.5 Å². The number of halogens is 1. The summed E-state index contributed by atoms with van der Waals surface area (Å²) < 4.78 is 5.83. The van der Waals surface area contributed by atoms with Crippen LogP contribution in [-0.4, -0.2) is 67.6 Å². The molecule has 0 aliphatic carbocycles. The lowest BCUT2D eigenvalue weighted by molar-refractivity contribution is -0.231. The van der Waals surface area contributed by atoms with E-state index in [4.69, 9.17) is 16.3 Å². The highest BCUT2D eigenvalue weighted by Crippen LogP contribution is 2.49. The molecule has 0 radical (unpaired) electrons. The van der Waals surface area contributed by atoms with Crippen LogP contribution in [0, 0.1) is 5.92 Å².